The average Bonchev–Trinajstić information content (AvgIpc) is 2.66. The molecule has 1 aromatic heterocycles. The third kappa shape index (κ3) is 1.35. The summed E-state index contributed by atoms with van der Waals surface area (Å²) in [5, 5.41) is 10.2. The van der Waals surface area contributed by atoms with Crippen LogP contribution in [0, 0.1) is 0 Å². The maximum atomic E-state index is 10.9. The topological polar surface area (TPSA) is 67.9 Å². The number of hydrogen-bond acceptors (Lipinski definition) is 4. The zero-order valence-corrected chi connectivity index (χ0v) is 7.23. The van der Waals surface area contributed by atoms with Crippen molar-refractivity contribution >= 4 is 17.0 Å². The highest BCUT2D eigenvalue weighted by atomic mass is 16.5. The number of benzene rings is 1. The molecule has 0 aliphatic heterocycles. The minimum absolute atomic E-state index is 0.376. The Balaban J connectivity index is 2.46. The second-order valence-corrected chi connectivity index (χ2v) is 2.57. The van der Waals surface area contributed by atoms with Crippen LogP contribution < -0.4 is 4.74 Å². The van der Waals surface area contributed by atoms with E-state index in [1.54, 1.807) is 18.2 Å². The number of nitrogens with one attached hydrogen (secondary N) is 1. The lowest BCUT2D eigenvalue weighted by atomic mass is 10.3. The molecule has 0 radical (unpaired) electrons. The second kappa shape index (κ2) is 3.29. The minimum Gasteiger partial charge on any atom is -0.421 e. The maximum absolute atomic E-state index is 10.9. The van der Waals surface area contributed by atoms with Gasteiger partial charge in [0, 0.05) is 6.08 Å². The summed E-state index contributed by atoms with van der Waals surface area (Å²) in [6.45, 7) is 3.31. The molecule has 0 unspecified atom stereocenters. The highest BCUT2D eigenvalue weighted by molar-refractivity contribution is 5.88. The number of aromatic nitrogens is 3. The van der Waals surface area contributed by atoms with Crippen molar-refractivity contribution in [2.24, 2.45) is 0 Å². The molecule has 5 nitrogen and oxygen atoms in total. The smallest absolute Gasteiger partial charge is 0.335 e. The predicted molar refractivity (Wildman–Crippen MR) is 49.7 cm³/mol. The molecule has 5 heteroatoms. The molecule has 0 aliphatic rings. The van der Waals surface area contributed by atoms with Crippen LogP contribution in [-0.4, -0.2) is 21.4 Å². The Hall–Kier alpha value is -2.17. The molecule has 0 bridgehead atoms. The number of para-hydroxylation sites is 1. The predicted octanol–water partition coefficient (Wildman–Crippen LogP) is 1.05. The third-order valence-corrected chi connectivity index (χ3v) is 1.69. The summed E-state index contributed by atoms with van der Waals surface area (Å²) >= 11 is 0. The summed E-state index contributed by atoms with van der Waals surface area (Å²) in [5.74, 6) is -0.137. The molecule has 14 heavy (non-hydrogen) atoms. The summed E-state index contributed by atoms with van der Waals surface area (Å²) in [6, 6.07) is 5.15. The van der Waals surface area contributed by atoms with E-state index >= 15 is 0 Å². The summed E-state index contributed by atoms with van der Waals surface area (Å²) < 4.78 is 4.96. The fraction of sp³-hybridized carbons (Fsp3) is 0. The zero-order valence-electron chi connectivity index (χ0n) is 7.23. The summed E-state index contributed by atoms with van der Waals surface area (Å²) in [5.41, 5.74) is 1.18. The van der Waals surface area contributed by atoms with Crippen LogP contribution in [0.2, 0.25) is 0 Å². The molecule has 2 rings (SSSR count). The van der Waals surface area contributed by atoms with Gasteiger partial charge in [-0.05, 0) is 12.1 Å². The van der Waals surface area contributed by atoms with Gasteiger partial charge in [-0.1, -0.05) is 12.6 Å². The number of H-pyrrole nitrogens is 1. The van der Waals surface area contributed by atoms with Gasteiger partial charge < -0.3 is 4.74 Å². The Morgan fingerprint density at radius 1 is 1.50 bits per heavy atom. The van der Waals surface area contributed by atoms with Gasteiger partial charge in [-0.2, -0.15) is 15.4 Å². The average molecular weight is 189 g/mol. The number of carbonyl (C=O) groups is 1. The van der Waals surface area contributed by atoms with Crippen LogP contribution in [0.3, 0.4) is 0 Å². The number of aromatic amines is 1. The molecule has 1 N–H and O–H groups in total. The first kappa shape index (κ1) is 8.43. The number of fused-ring (bicyclic) bond motifs is 1. The van der Waals surface area contributed by atoms with Crippen molar-refractivity contribution in [3.63, 3.8) is 0 Å². The van der Waals surface area contributed by atoms with Crippen LogP contribution in [0.15, 0.2) is 30.9 Å². The van der Waals surface area contributed by atoms with E-state index < -0.39 is 5.97 Å². The van der Waals surface area contributed by atoms with Gasteiger partial charge in [0.05, 0.1) is 0 Å². The Labute approximate surface area is 79.4 Å². The number of esters is 1. The molecule has 0 spiro atoms. The van der Waals surface area contributed by atoms with Gasteiger partial charge in [-0.25, -0.2) is 4.79 Å². The molecule has 0 fully saturated rings. The number of nitrogens with zero attached hydrogens (tertiary/aromatic N) is 2. The molecule has 0 atom stereocenters. The van der Waals surface area contributed by atoms with Gasteiger partial charge in [0.25, 0.3) is 0 Å². The van der Waals surface area contributed by atoms with E-state index in [-0.39, 0.29) is 0 Å². The van der Waals surface area contributed by atoms with E-state index in [4.69, 9.17) is 4.74 Å². The van der Waals surface area contributed by atoms with Crippen LogP contribution in [0.1, 0.15) is 0 Å². The van der Waals surface area contributed by atoms with Crippen molar-refractivity contribution in [3.05, 3.63) is 30.9 Å². The summed E-state index contributed by atoms with van der Waals surface area (Å²) in [6.07, 6.45) is 1.10. The normalized spacial score (nSPS) is 10.0. The van der Waals surface area contributed by atoms with E-state index in [1.165, 1.54) is 0 Å². The van der Waals surface area contributed by atoms with E-state index in [1.807, 2.05) is 0 Å². The second-order valence-electron chi connectivity index (χ2n) is 2.57. The van der Waals surface area contributed by atoms with Gasteiger partial charge in [0.2, 0.25) is 0 Å². The van der Waals surface area contributed by atoms with Crippen molar-refractivity contribution in [2.45, 2.75) is 0 Å². The largest absolute Gasteiger partial charge is 0.421 e. The van der Waals surface area contributed by atoms with Crippen LogP contribution >= 0.6 is 0 Å². The summed E-state index contributed by atoms with van der Waals surface area (Å²) in [4.78, 5) is 10.9. The Morgan fingerprint density at radius 3 is 3.14 bits per heavy atom. The lowest BCUT2D eigenvalue weighted by Crippen LogP contribution is -2.03. The SMILES string of the molecule is C=CC(=O)Oc1cccc2n[nH]nc12. The molecule has 0 saturated heterocycles. The van der Waals surface area contributed by atoms with E-state index in [9.17, 15) is 4.79 Å². The van der Waals surface area contributed by atoms with Gasteiger partial charge in [-0.15, -0.1) is 0 Å². The lowest BCUT2D eigenvalue weighted by Gasteiger charge is -1.99. The monoisotopic (exact) mass is 189 g/mol. The molecule has 70 valence electrons. The molecule has 0 aliphatic carbocycles. The molecule has 1 aromatic carbocycles. The van der Waals surface area contributed by atoms with Crippen molar-refractivity contribution in [2.75, 3.05) is 0 Å². The van der Waals surface area contributed by atoms with Gasteiger partial charge in [0.15, 0.2) is 11.3 Å². The molecule has 0 amide bonds. The zero-order chi connectivity index (χ0) is 9.97. The molecular weight excluding hydrogens is 182 g/mol. The first-order valence-electron chi connectivity index (χ1n) is 3.95. The van der Waals surface area contributed by atoms with E-state index in [0.717, 1.165) is 6.08 Å². The summed E-state index contributed by atoms with van der Waals surface area (Å²) in [7, 11) is 0. The third-order valence-electron chi connectivity index (χ3n) is 1.69. The van der Waals surface area contributed by atoms with Crippen molar-refractivity contribution in [3.8, 4) is 5.75 Å². The first-order chi connectivity index (χ1) is 6.81. The van der Waals surface area contributed by atoms with Gasteiger partial charge in [-0.3, -0.25) is 0 Å². The fourth-order valence-electron chi connectivity index (χ4n) is 1.07. The fourth-order valence-corrected chi connectivity index (χ4v) is 1.07. The Bertz CT molecular complexity index is 490. The van der Waals surface area contributed by atoms with Gasteiger partial charge >= 0.3 is 5.97 Å². The van der Waals surface area contributed by atoms with Crippen molar-refractivity contribution < 1.29 is 9.53 Å². The molecule has 2 aromatic rings. The minimum atomic E-state index is -0.513. The van der Waals surface area contributed by atoms with Crippen LogP contribution in [0.5, 0.6) is 5.75 Å². The standard InChI is InChI=1S/C9H7N3O2/c1-2-8(13)14-7-5-3-4-6-9(7)11-12-10-6/h2-5H,1H2,(H,10,11,12). The quantitative estimate of drug-likeness (QED) is 0.435. The first-order valence-corrected chi connectivity index (χ1v) is 3.95. The highest BCUT2D eigenvalue weighted by Gasteiger charge is 2.07. The Kier molecular flexibility index (Phi) is 1.98. The maximum Gasteiger partial charge on any atom is 0.335 e. The van der Waals surface area contributed by atoms with Crippen molar-refractivity contribution in [1.29, 1.82) is 0 Å². The van der Waals surface area contributed by atoms with E-state index in [0.29, 0.717) is 16.8 Å². The van der Waals surface area contributed by atoms with Crippen LogP contribution in [0.4, 0.5) is 0 Å². The lowest BCUT2D eigenvalue weighted by molar-refractivity contribution is -0.128. The van der Waals surface area contributed by atoms with Crippen molar-refractivity contribution in [1.82, 2.24) is 15.4 Å². The number of ether oxygens (including phenoxy) is 1. The number of carbonyl (C=O) groups excluding carboxylic acids is 1. The number of rotatable bonds is 2. The highest BCUT2D eigenvalue weighted by Crippen LogP contribution is 2.21. The number of hydrogen-bond donors (Lipinski definition) is 1. The van der Waals surface area contributed by atoms with Gasteiger partial charge in [0.1, 0.15) is 5.52 Å². The molecule has 0 saturated carbocycles. The van der Waals surface area contributed by atoms with E-state index in [2.05, 4.69) is 22.0 Å². The Morgan fingerprint density at radius 2 is 2.36 bits per heavy atom. The molecule has 1 heterocycles. The van der Waals surface area contributed by atoms with Crippen LogP contribution in [-0.2, 0) is 4.79 Å². The van der Waals surface area contributed by atoms with Crippen LogP contribution in [0.25, 0.3) is 11.0 Å². The molecular formula is C9H7N3O2.